The van der Waals surface area contributed by atoms with E-state index >= 15 is 9.90 Å². The number of ether oxygens (including phenoxy) is 4. The Hall–Kier alpha value is -3.45. The number of benzene rings is 4. The molecule has 5 heterocycles. The lowest BCUT2D eigenvalue weighted by molar-refractivity contribution is -0.410. The molecule has 0 amide bonds. The topological polar surface area (TPSA) is 203 Å². The lowest BCUT2D eigenvalue weighted by atomic mass is 9.37. The third-order valence-electron chi connectivity index (χ3n) is 30.2. The highest BCUT2D eigenvalue weighted by atomic mass is 33.1. The first-order valence-corrected chi connectivity index (χ1v) is 36.9. The lowest BCUT2D eigenvalue weighted by Gasteiger charge is -2.72. The number of phenols is 1. The van der Waals surface area contributed by atoms with Gasteiger partial charge in [0.25, 0.3) is 0 Å². The van der Waals surface area contributed by atoms with E-state index < -0.39 is 82.6 Å². The highest BCUT2D eigenvalue weighted by Crippen LogP contribution is 2.88. The minimum Gasteiger partial charge on any atom is -0.508 e. The second kappa shape index (κ2) is 18.9. The number of hydrogen-bond acceptors (Lipinski definition) is 14. The molecule has 20 rings (SSSR count). The van der Waals surface area contributed by atoms with Crippen molar-refractivity contribution >= 4 is 60.0 Å². The zero-order chi connectivity index (χ0) is 59.4. The number of esters is 1. The average Bonchev–Trinajstić information content (AvgIpc) is 1.42. The maximum absolute atomic E-state index is 16.4. The van der Waals surface area contributed by atoms with Crippen LogP contribution >= 0.6 is 21.6 Å². The predicted molar refractivity (Wildman–Crippen MR) is 337 cm³/mol. The van der Waals surface area contributed by atoms with Crippen molar-refractivity contribution in [1.29, 1.82) is 0 Å². The van der Waals surface area contributed by atoms with Gasteiger partial charge in [0.15, 0.2) is 17.5 Å². The minimum absolute atomic E-state index is 0.0787. The molecule has 13 nitrogen and oxygen atoms in total. The van der Waals surface area contributed by atoms with Crippen LogP contribution in [0.25, 0.3) is 32.4 Å². The molecule has 3 saturated heterocycles. The quantitative estimate of drug-likeness (QED) is 0.0453. The summed E-state index contributed by atoms with van der Waals surface area (Å²) in [6.45, 7) is 0.298. The second-order valence-electron chi connectivity index (χ2n) is 31.9. The maximum Gasteiger partial charge on any atom is 0.343 e. The van der Waals surface area contributed by atoms with Crippen LogP contribution in [0.3, 0.4) is 0 Å². The molecule has 5 aromatic rings. The largest absolute Gasteiger partial charge is 0.508 e. The Morgan fingerprint density at radius 3 is 2.45 bits per heavy atom. The number of fused-ring (bicyclic) bond motifs is 11. The van der Waals surface area contributed by atoms with Gasteiger partial charge in [-0.1, -0.05) is 70.8 Å². The summed E-state index contributed by atoms with van der Waals surface area (Å²) in [6.07, 6.45) is 11.9. The lowest BCUT2D eigenvalue weighted by Crippen LogP contribution is -2.82. The van der Waals surface area contributed by atoms with Crippen molar-refractivity contribution in [2.45, 2.75) is 188 Å². The minimum atomic E-state index is -2.67. The Morgan fingerprint density at radius 2 is 1.64 bits per heavy atom. The van der Waals surface area contributed by atoms with Crippen LogP contribution in [0.4, 0.5) is 0 Å². The van der Waals surface area contributed by atoms with Crippen molar-refractivity contribution in [3.63, 3.8) is 0 Å². The number of aromatic hydroxyl groups is 1. The zero-order valence-electron chi connectivity index (χ0n) is 51.0. The van der Waals surface area contributed by atoms with Crippen molar-refractivity contribution in [3.05, 3.63) is 83.6 Å². The average molecular weight is 1230 g/mol. The van der Waals surface area contributed by atoms with Crippen LogP contribution in [0.2, 0.25) is 0 Å². The second-order valence-corrected chi connectivity index (χ2v) is 34.5. The highest BCUT2D eigenvalue weighted by Gasteiger charge is 2.91. The van der Waals surface area contributed by atoms with E-state index in [0.717, 1.165) is 142 Å². The molecule has 13 fully saturated rings. The van der Waals surface area contributed by atoms with E-state index in [1.165, 1.54) is 11.1 Å². The molecule has 4 aromatic carbocycles. The van der Waals surface area contributed by atoms with Crippen LogP contribution < -0.4 is 10.1 Å². The fourth-order valence-corrected chi connectivity index (χ4v) is 30.7. The van der Waals surface area contributed by atoms with Crippen molar-refractivity contribution in [2.75, 3.05) is 32.3 Å². The molecule has 0 radical (unpaired) electrons. The van der Waals surface area contributed by atoms with Crippen LogP contribution in [0.1, 0.15) is 145 Å². The number of aromatic amines is 1. The number of aliphatic hydroxyl groups excluding tert-OH is 3. The van der Waals surface area contributed by atoms with Crippen molar-refractivity contribution in [3.8, 4) is 11.5 Å². The van der Waals surface area contributed by atoms with Gasteiger partial charge in [0.2, 0.25) is 5.79 Å². The van der Waals surface area contributed by atoms with E-state index in [0.29, 0.717) is 65.4 Å². The number of aromatic nitrogens is 1. The highest BCUT2D eigenvalue weighted by molar-refractivity contribution is 8.76. The van der Waals surface area contributed by atoms with Gasteiger partial charge in [-0.05, 0) is 249 Å². The summed E-state index contributed by atoms with van der Waals surface area (Å²) in [5.41, 5.74) is -1.89. The number of nitrogens with one attached hydrogen (secondary N) is 2. The molecule has 468 valence electrons. The van der Waals surface area contributed by atoms with Crippen LogP contribution in [0.15, 0.2) is 66.7 Å². The van der Waals surface area contributed by atoms with Gasteiger partial charge in [-0.15, -0.1) is 0 Å². The molecule has 24 atom stereocenters. The van der Waals surface area contributed by atoms with E-state index in [9.17, 15) is 25.5 Å². The third kappa shape index (κ3) is 6.41. The molecule has 11 aliphatic carbocycles. The standard InChI is InChI=1S/C73H88N2O11S2/c1-74-56-35-88-87-34-50-45-13-9-40-26-42-18-22-69(71(42,58(40)45)52-15-12-44(77)28-47(50)52)61(78)49(56)29-48-53-31-70(67(19-5-6-20-67)30-43-11-14-51-41(33-83-2)17-21-66(51)23-24-68(43,70)36-66)65(80)73(82)72(53,81)63(85-62(48)69)60(86-73)64(79)84-59-55(32-76)75-54-16-10-39-25-37-7-3-4-8-38(37)27-46(39)57(54)59/h3-4,7-8,10,12,15-16,25,27-28,40-43,45,48-51,53,56,58,60-63,65,74-78,80-82H,5-6,9,11,13-14,17-24,26,29-36H2,1-2H3. The van der Waals surface area contributed by atoms with Gasteiger partial charge < -0.3 is 59.9 Å². The van der Waals surface area contributed by atoms with E-state index in [4.69, 9.17) is 18.9 Å². The van der Waals surface area contributed by atoms with Gasteiger partial charge in [0, 0.05) is 59.3 Å². The fourth-order valence-electron chi connectivity index (χ4n) is 27.9. The Morgan fingerprint density at radius 1 is 0.807 bits per heavy atom. The predicted octanol–water partition coefficient (Wildman–Crippen LogP) is 11.2. The Kier molecular flexibility index (Phi) is 12.1. The number of carbonyl (C=O) groups excluding carboxylic acids is 1. The summed E-state index contributed by atoms with van der Waals surface area (Å²) in [5, 5.41) is 90.2. The van der Waals surface area contributed by atoms with Gasteiger partial charge in [0.05, 0.1) is 35.4 Å². The Balaban J connectivity index is 0.842. The summed E-state index contributed by atoms with van der Waals surface area (Å²) in [6, 6.07) is 22.5. The zero-order valence-corrected chi connectivity index (χ0v) is 52.6. The summed E-state index contributed by atoms with van der Waals surface area (Å²) >= 11 is 0. The number of methoxy groups -OCH3 is 1. The van der Waals surface area contributed by atoms with Crippen LogP contribution in [0.5, 0.6) is 11.5 Å². The number of phenolic OH excluding ortho intramolecular Hbond substituents is 1. The Bertz CT molecular complexity index is 3740. The first kappa shape index (κ1) is 56.1. The summed E-state index contributed by atoms with van der Waals surface area (Å²) in [7, 11) is 7.73. The van der Waals surface area contributed by atoms with E-state index in [-0.39, 0.29) is 57.5 Å². The Labute approximate surface area is 523 Å². The molecule has 4 aliphatic heterocycles. The maximum atomic E-state index is 16.4. The monoisotopic (exact) mass is 1230 g/mol. The fraction of sp³-hybridized carbons (Fsp3) is 0.685. The molecule has 1 aromatic heterocycles. The molecule has 6 spiro atoms. The van der Waals surface area contributed by atoms with Crippen molar-refractivity contribution in [1.82, 2.24) is 10.3 Å². The number of aliphatic hydroxyl groups is 5. The van der Waals surface area contributed by atoms with Crippen LogP contribution in [-0.2, 0) is 31.0 Å². The van der Waals surface area contributed by atoms with E-state index in [1.807, 2.05) is 59.0 Å². The molecular weight excluding hydrogens is 1140 g/mol. The molecule has 15 aliphatic rings. The van der Waals surface area contributed by atoms with Gasteiger partial charge >= 0.3 is 5.97 Å². The SMILES string of the molecule is CNC1CSSCC2c3cc(O)ccc3C34C(CCC35C(O)C1CC1C3CC6(C(O)C7(O)OC(C(=O)Oc8c(CO)[nH]c9ccc%10cc%11ccccc%11cc%10c89)C(OC15)C37O)C1(CCCC1)CC1CCC3C(COC)CCC35CCC16C5)CC1CCC2C14. The van der Waals surface area contributed by atoms with Gasteiger partial charge in [0.1, 0.15) is 18.0 Å². The molecule has 8 N–H and O–H groups in total. The molecule has 15 heteroatoms. The first-order chi connectivity index (χ1) is 42.7. The van der Waals surface area contributed by atoms with Gasteiger partial charge in [-0.3, -0.25) is 0 Å². The normalized spacial score (nSPS) is 48.5. The van der Waals surface area contributed by atoms with Crippen LogP contribution in [-0.4, -0.2) is 122 Å². The number of hydrogen-bond donors (Lipinski definition) is 8. The number of carbonyl (C=O) groups is 1. The number of rotatable bonds is 6. The van der Waals surface area contributed by atoms with E-state index in [2.05, 4.69) is 53.7 Å². The smallest absolute Gasteiger partial charge is 0.343 e. The molecule has 10 saturated carbocycles. The molecular formula is C73H88N2O11S2. The van der Waals surface area contributed by atoms with Gasteiger partial charge in [-0.25, -0.2) is 4.79 Å². The molecule has 88 heavy (non-hydrogen) atoms. The summed E-state index contributed by atoms with van der Waals surface area (Å²) in [4.78, 5) is 19.8. The van der Waals surface area contributed by atoms with Gasteiger partial charge in [-0.2, -0.15) is 0 Å². The summed E-state index contributed by atoms with van der Waals surface area (Å²) < 4.78 is 28.3. The molecule has 6 bridgehead atoms. The van der Waals surface area contributed by atoms with Crippen molar-refractivity contribution in [2.24, 2.45) is 86.3 Å². The van der Waals surface area contributed by atoms with Crippen molar-refractivity contribution < 1.29 is 54.4 Å². The van der Waals surface area contributed by atoms with E-state index in [1.54, 1.807) is 0 Å². The summed E-state index contributed by atoms with van der Waals surface area (Å²) in [5.74, 6) is -0.00518. The first-order valence-electron chi connectivity index (χ1n) is 34.4. The number of H-pyrrole nitrogens is 1. The molecule has 24 unspecified atom stereocenters. The van der Waals surface area contributed by atoms with Crippen LogP contribution in [0, 0.1) is 86.3 Å². The third-order valence-corrected chi connectivity index (χ3v) is 32.7.